The van der Waals surface area contributed by atoms with E-state index in [0.717, 1.165) is 26.4 Å². The van der Waals surface area contributed by atoms with Crippen molar-refractivity contribution in [3.8, 4) is 21.9 Å². The first-order valence-corrected chi connectivity index (χ1v) is 8.41. The summed E-state index contributed by atoms with van der Waals surface area (Å²) in [6, 6.07) is 15.2. The molecule has 4 rings (SSSR count). The van der Waals surface area contributed by atoms with Crippen LogP contribution in [0.1, 0.15) is 5.56 Å². The van der Waals surface area contributed by atoms with Crippen LogP contribution in [0.15, 0.2) is 53.9 Å². The summed E-state index contributed by atoms with van der Waals surface area (Å²) in [4.78, 5) is 1.12. The number of thiophene rings is 1. The van der Waals surface area contributed by atoms with Crippen molar-refractivity contribution in [2.24, 2.45) is 11.5 Å². The first kappa shape index (κ1) is 14.8. The summed E-state index contributed by atoms with van der Waals surface area (Å²) in [6.07, 6.45) is 1.28. The molecule has 0 bridgehead atoms. The van der Waals surface area contributed by atoms with E-state index in [1.165, 1.54) is 0 Å². The molecule has 5 N–H and O–H groups in total. The molecule has 0 fully saturated rings. The van der Waals surface area contributed by atoms with Gasteiger partial charge in [0.25, 0.3) is 0 Å². The van der Waals surface area contributed by atoms with Crippen LogP contribution in [0.5, 0.6) is 11.5 Å². The van der Waals surface area contributed by atoms with Gasteiger partial charge in [-0.3, -0.25) is 5.73 Å². The van der Waals surface area contributed by atoms with Crippen LogP contribution in [-0.2, 0) is 0 Å². The van der Waals surface area contributed by atoms with Crippen molar-refractivity contribution in [2.75, 3.05) is 0 Å². The fraction of sp³-hybridized carbons (Fsp3) is 0.0526. The van der Waals surface area contributed by atoms with Gasteiger partial charge in [-0.2, -0.15) is 0 Å². The Labute approximate surface area is 142 Å². The Kier molecular flexibility index (Phi) is 3.52. The van der Waals surface area contributed by atoms with Gasteiger partial charge in [0.05, 0.1) is 5.70 Å². The van der Waals surface area contributed by atoms with Crippen molar-refractivity contribution >= 4 is 23.1 Å². The van der Waals surface area contributed by atoms with Crippen LogP contribution in [0.2, 0.25) is 0 Å². The second kappa shape index (κ2) is 5.70. The number of benzene rings is 2. The fourth-order valence-corrected chi connectivity index (χ4v) is 3.67. The summed E-state index contributed by atoms with van der Waals surface area (Å²) >= 11 is 1.65. The van der Waals surface area contributed by atoms with Crippen molar-refractivity contribution in [3.63, 3.8) is 0 Å². The van der Waals surface area contributed by atoms with Crippen LogP contribution < -0.4 is 26.6 Å². The lowest BCUT2D eigenvalue weighted by Crippen LogP contribution is -2.34. The van der Waals surface area contributed by atoms with E-state index >= 15 is 0 Å². The van der Waals surface area contributed by atoms with Gasteiger partial charge in [-0.25, -0.2) is 0 Å². The molecule has 3 aromatic rings. The van der Waals surface area contributed by atoms with Crippen LogP contribution in [0, 0.1) is 0 Å². The van der Waals surface area contributed by atoms with E-state index < -0.39 is 6.23 Å². The standard InChI is InChI=1S/C19H16N2O2S/c20-18-17-13(10-11-4-1-2-5-14(11)22)12(16-6-3-9-24-16)7-8-15(17)23-19(18)21/h1-10,19,22H,20-21H2. The molecule has 0 spiro atoms. The number of rotatable bonds is 2. The summed E-state index contributed by atoms with van der Waals surface area (Å²) in [5.74, 6) is 0.885. The van der Waals surface area contributed by atoms with Crippen LogP contribution in [0.4, 0.5) is 0 Å². The SMILES string of the molecule is NC1=c2c(ccc(-c3cccs3)c2=Cc2ccccc2O)OC1N. The van der Waals surface area contributed by atoms with Gasteiger partial charge in [0.2, 0.25) is 0 Å². The normalized spacial score (nSPS) is 17.0. The number of fused-ring (bicyclic) bond motifs is 1. The highest BCUT2D eigenvalue weighted by Gasteiger charge is 2.21. The predicted molar refractivity (Wildman–Crippen MR) is 96.9 cm³/mol. The lowest BCUT2D eigenvalue weighted by molar-refractivity contribution is 0.277. The number of phenolic OH excluding ortho intramolecular Hbond substituents is 1. The number of ether oxygens (including phenoxy) is 1. The first-order valence-electron chi connectivity index (χ1n) is 7.53. The van der Waals surface area contributed by atoms with Crippen molar-refractivity contribution in [2.45, 2.75) is 6.23 Å². The van der Waals surface area contributed by atoms with Crippen molar-refractivity contribution in [1.82, 2.24) is 0 Å². The average Bonchev–Trinajstić information content (AvgIpc) is 3.19. The summed E-state index contributed by atoms with van der Waals surface area (Å²) in [5.41, 5.74) is 14.4. The highest BCUT2D eigenvalue weighted by atomic mass is 32.1. The van der Waals surface area contributed by atoms with Gasteiger partial charge in [-0.05, 0) is 46.5 Å². The summed E-state index contributed by atoms with van der Waals surface area (Å²) in [6.45, 7) is 0. The second-order valence-electron chi connectivity index (χ2n) is 5.57. The Bertz CT molecular complexity index is 1030. The van der Waals surface area contributed by atoms with Crippen molar-refractivity contribution < 1.29 is 9.84 Å². The molecule has 5 heteroatoms. The van der Waals surface area contributed by atoms with Gasteiger partial charge in [0, 0.05) is 15.7 Å². The molecule has 2 aromatic carbocycles. The third kappa shape index (κ3) is 2.35. The van der Waals surface area contributed by atoms with E-state index in [2.05, 4.69) is 6.07 Å². The van der Waals surface area contributed by atoms with Crippen LogP contribution in [-0.4, -0.2) is 11.3 Å². The molecule has 0 saturated carbocycles. The van der Waals surface area contributed by atoms with Gasteiger partial charge < -0.3 is 15.6 Å². The number of nitrogens with two attached hydrogens (primary N) is 2. The van der Waals surface area contributed by atoms with Crippen molar-refractivity contribution in [3.05, 3.63) is 69.9 Å². The maximum absolute atomic E-state index is 10.1. The minimum atomic E-state index is -0.643. The van der Waals surface area contributed by atoms with Crippen molar-refractivity contribution in [1.29, 1.82) is 0 Å². The summed E-state index contributed by atoms with van der Waals surface area (Å²) in [5, 5.41) is 13.9. The fourth-order valence-electron chi connectivity index (χ4n) is 2.90. The molecule has 120 valence electrons. The molecule has 0 radical (unpaired) electrons. The molecule has 1 aliphatic heterocycles. The van der Waals surface area contributed by atoms with E-state index in [0.29, 0.717) is 11.4 Å². The molecule has 1 aliphatic rings. The zero-order chi connectivity index (χ0) is 16.7. The van der Waals surface area contributed by atoms with E-state index in [1.54, 1.807) is 23.5 Å². The molecule has 24 heavy (non-hydrogen) atoms. The summed E-state index contributed by atoms with van der Waals surface area (Å²) < 4.78 is 5.64. The highest BCUT2D eigenvalue weighted by Crippen LogP contribution is 2.24. The Morgan fingerprint density at radius 1 is 1.08 bits per heavy atom. The zero-order valence-corrected chi connectivity index (χ0v) is 13.6. The molecule has 1 aromatic heterocycles. The maximum Gasteiger partial charge on any atom is 0.189 e. The number of para-hydroxylation sites is 1. The first-order chi connectivity index (χ1) is 11.6. The van der Waals surface area contributed by atoms with Gasteiger partial charge in [0.1, 0.15) is 11.5 Å². The Balaban J connectivity index is 2.12. The van der Waals surface area contributed by atoms with E-state index in [9.17, 15) is 5.11 Å². The molecular formula is C19H16N2O2S. The molecule has 1 unspecified atom stereocenters. The van der Waals surface area contributed by atoms with Gasteiger partial charge in [-0.15, -0.1) is 11.3 Å². The monoisotopic (exact) mass is 336 g/mol. The van der Waals surface area contributed by atoms with E-state index in [1.807, 2.05) is 41.8 Å². The topological polar surface area (TPSA) is 81.5 Å². The number of hydrogen-bond acceptors (Lipinski definition) is 5. The Morgan fingerprint density at radius 3 is 2.67 bits per heavy atom. The number of hydrogen-bond donors (Lipinski definition) is 3. The van der Waals surface area contributed by atoms with E-state index in [-0.39, 0.29) is 5.75 Å². The summed E-state index contributed by atoms with van der Waals surface area (Å²) in [7, 11) is 0. The predicted octanol–water partition coefficient (Wildman–Crippen LogP) is 1.69. The molecule has 0 amide bonds. The quantitative estimate of drug-likeness (QED) is 0.665. The maximum atomic E-state index is 10.1. The van der Waals surface area contributed by atoms with Gasteiger partial charge >= 0.3 is 0 Å². The molecule has 0 saturated heterocycles. The number of phenols is 1. The Morgan fingerprint density at radius 2 is 1.92 bits per heavy atom. The minimum Gasteiger partial charge on any atom is -0.507 e. The molecule has 4 nitrogen and oxygen atoms in total. The third-order valence-corrected chi connectivity index (χ3v) is 4.98. The van der Waals surface area contributed by atoms with Crippen LogP contribution in [0.3, 0.4) is 0 Å². The van der Waals surface area contributed by atoms with Crippen LogP contribution in [0.25, 0.3) is 22.2 Å². The lowest BCUT2D eigenvalue weighted by atomic mass is 10.0. The molecule has 0 aliphatic carbocycles. The smallest absolute Gasteiger partial charge is 0.189 e. The highest BCUT2D eigenvalue weighted by molar-refractivity contribution is 7.13. The lowest BCUT2D eigenvalue weighted by Gasteiger charge is -2.06. The molecule has 1 atom stereocenters. The Hall–Kier alpha value is -2.76. The number of aromatic hydroxyl groups is 1. The van der Waals surface area contributed by atoms with Gasteiger partial charge in [-0.1, -0.05) is 24.3 Å². The van der Waals surface area contributed by atoms with E-state index in [4.69, 9.17) is 16.2 Å². The van der Waals surface area contributed by atoms with Gasteiger partial charge in [0.15, 0.2) is 6.23 Å². The average molecular weight is 336 g/mol. The second-order valence-corrected chi connectivity index (χ2v) is 6.52. The minimum absolute atomic E-state index is 0.217. The van der Waals surface area contributed by atoms with Crippen LogP contribution >= 0.6 is 11.3 Å². The molecular weight excluding hydrogens is 320 g/mol. The third-order valence-electron chi connectivity index (χ3n) is 4.08. The zero-order valence-electron chi connectivity index (χ0n) is 12.8. The largest absolute Gasteiger partial charge is 0.507 e. The molecule has 2 heterocycles.